The number of anilines is 1. The average molecular weight is 248 g/mol. The summed E-state index contributed by atoms with van der Waals surface area (Å²) in [7, 11) is -1.08. The van der Waals surface area contributed by atoms with E-state index in [2.05, 4.69) is 35.0 Å². The van der Waals surface area contributed by atoms with Crippen molar-refractivity contribution < 1.29 is 4.79 Å². The zero-order chi connectivity index (χ0) is 12.8. The number of carbonyl (C=O) groups excluding carboxylic acids is 1. The Balaban J connectivity index is 2.92. The first-order valence-electron chi connectivity index (χ1n) is 5.88. The Bertz CT molecular complexity index is 401. The van der Waals surface area contributed by atoms with Crippen LogP contribution in [0.15, 0.2) is 35.4 Å². The maximum atomic E-state index is 11.1. The fraction of sp³-hybridized carbons (Fsp3) is 0.385. The zero-order valence-corrected chi connectivity index (χ0v) is 12.1. The molecule has 0 radical (unpaired) electrons. The van der Waals surface area contributed by atoms with E-state index in [1.165, 1.54) is 0 Å². The van der Waals surface area contributed by atoms with Crippen LogP contribution in [0.2, 0.25) is 13.1 Å². The van der Waals surface area contributed by atoms with Gasteiger partial charge in [0.25, 0.3) is 0 Å². The Hall–Kier alpha value is -1.42. The van der Waals surface area contributed by atoms with Gasteiger partial charge >= 0.3 is 0 Å². The summed E-state index contributed by atoms with van der Waals surface area (Å²) in [5.74, 6) is 0.157. The minimum atomic E-state index is -1.08. The molecule has 0 aliphatic heterocycles. The van der Waals surface area contributed by atoms with Crippen molar-refractivity contribution in [3.63, 3.8) is 0 Å². The van der Waals surface area contributed by atoms with Crippen LogP contribution in [0.25, 0.3) is 0 Å². The van der Waals surface area contributed by atoms with Gasteiger partial charge in [0.2, 0.25) is 0 Å². The van der Waals surface area contributed by atoms with Gasteiger partial charge in [-0.2, -0.15) is 5.10 Å². The number of hydrazone groups is 1. The number of nitrogens with zero attached hydrogens (tertiary/aromatic N) is 2. The van der Waals surface area contributed by atoms with Crippen LogP contribution in [0.4, 0.5) is 5.69 Å². The summed E-state index contributed by atoms with van der Waals surface area (Å²) >= 11 is 0. The van der Waals surface area contributed by atoms with E-state index < -0.39 is 8.96 Å². The number of para-hydroxylation sites is 1. The molecular weight excluding hydrogens is 228 g/mol. The third-order valence-corrected chi connectivity index (χ3v) is 3.68. The lowest BCUT2D eigenvalue weighted by atomic mass is 10.2. The Morgan fingerprint density at radius 2 is 1.82 bits per heavy atom. The van der Waals surface area contributed by atoms with Gasteiger partial charge in [0, 0.05) is 17.8 Å². The first-order chi connectivity index (χ1) is 8.00. The average Bonchev–Trinajstić information content (AvgIpc) is 2.25. The third kappa shape index (κ3) is 4.52. The highest BCUT2D eigenvalue weighted by Gasteiger charge is 2.11. The summed E-state index contributed by atoms with van der Waals surface area (Å²) in [6.45, 7) is 7.95. The molecule has 92 valence electrons. The number of carbonyl (C=O) groups is 1. The molecule has 0 aromatic heterocycles. The molecule has 0 saturated carbocycles. The lowest BCUT2D eigenvalue weighted by molar-refractivity contribution is -0.115. The summed E-state index contributed by atoms with van der Waals surface area (Å²) in [4.78, 5) is 11.1. The van der Waals surface area contributed by atoms with E-state index >= 15 is 0 Å². The predicted molar refractivity (Wildman–Crippen MR) is 76.2 cm³/mol. The number of hydrogen-bond acceptors (Lipinski definition) is 3. The standard InChI is InChI=1S/C13H20N2OSi/c1-11(10-12(2)16)14-15(17(3)4)13-8-6-5-7-9-13/h5-9,17H,10H2,1-4H3. The molecule has 1 rings (SSSR count). The van der Waals surface area contributed by atoms with Crippen LogP contribution in [0.3, 0.4) is 0 Å². The van der Waals surface area contributed by atoms with Crippen molar-refractivity contribution in [2.45, 2.75) is 33.4 Å². The molecule has 0 N–H and O–H groups in total. The van der Waals surface area contributed by atoms with Crippen LogP contribution in [0, 0.1) is 0 Å². The summed E-state index contributed by atoms with van der Waals surface area (Å²) in [6.07, 6.45) is 0.435. The largest absolute Gasteiger partial charge is 0.300 e. The van der Waals surface area contributed by atoms with Gasteiger partial charge in [-0.05, 0) is 26.0 Å². The van der Waals surface area contributed by atoms with E-state index in [9.17, 15) is 4.79 Å². The minimum absolute atomic E-state index is 0.157. The number of benzene rings is 1. The molecule has 4 heteroatoms. The van der Waals surface area contributed by atoms with Gasteiger partial charge in [-0.1, -0.05) is 31.3 Å². The Kier molecular flexibility index (Phi) is 5.09. The van der Waals surface area contributed by atoms with Crippen LogP contribution in [0.1, 0.15) is 20.3 Å². The van der Waals surface area contributed by atoms with Crippen molar-refractivity contribution in [3.8, 4) is 0 Å². The Morgan fingerprint density at radius 3 is 2.29 bits per heavy atom. The number of hydrogen-bond donors (Lipinski definition) is 0. The highest BCUT2D eigenvalue weighted by atomic mass is 28.3. The molecule has 0 atom stereocenters. The molecule has 0 amide bonds. The van der Waals surface area contributed by atoms with Gasteiger partial charge in [0.1, 0.15) is 5.78 Å². The van der Waals surface area contributed by atoms with Crippen molar-refractivity contribution >= 4 is 26.1 Å². The summed E-state index contributed by atoms with van der Waals surface area (Å²) in [5.41, 5.74) is 1.99. The zero-order valence-electron chi connectivity index (χ0n) is 11.0. The molecular formula is C13H20N2OSi. The lowest BCUT2D eigenvalue weighted by Gasteiger charge is -2.23. The Labute approximate surface area is 105 Å². The molecule has 0 bridgehead atoms. The smallest absolute Gasteiger partial charge is 0.164 e. The van der Waals surface area contributed by atoms with Crippen LogP contribution >= 0.6 is 0 Å². The Morgan fingerprint density at radius 1 is 1.24 bits per heavy atom. The van der Waals surface area contributed by atoms with Crippen LogP contribution < -0.4 is 4.67 Å². The predicted octanol–water partition coefficient (Wildman–Crippen LogP) is 2.83. The fourth-order valence-corrected chi connectivity index (χ4v) is 2.83. The van der Waals surface area contributed by atoms with Gasteiger partial charge in [0.15, 0.2) is 8.96 Å². The number of rotatable bonds is 5. The second-order valence-corrected chi connectivity index (χ2v) is 7.16. The van der Waals surface area contributed by atoms with Crippen molar-refractivity contribution in [3.05, 3.63) is 30.3 Å². The van der Waals surface area contributed by atoms with Gasteiger partial charge in [-0.15, -0.1) is 0 Å². The van der Waals surface area contributed by atoms with E-state index in [0.29, 0.717) is 6.42 Å². The van der Waals surface area contributed by atoms with Gasteiger partial charge in [-0.25, -0.2) is 0 Å². The molecule has 1 aromatic carbocycles. The van der Waals surface area contributed by atoms with Crippen LogP contribution in [-0.2, 0) is 4.79 Å². The van der Waals surface area contributed by atoms with E-state index in [1.54, 1.807) is 6.92 Å². The molecule has 0 heterocycles. The summed E-state index contributed by atoms with van der Waals surface area (Å²) < 4.78 is 2.08. The second-order valence-electron chi connectivity index (χ2n) is 4.49. The fourth-order valence-electron chi connectivity index (χ4n) is 1.63. The molecule has 1 aromatic rings. The van der Waals surface area contributed by atoms with Crippen molar-refractivity contribution in [2.75, 3.05) is 4.67 Å². The van der Waals surface area contributed by atoms with Crippen molar-refractivity contribution in [2.24, 2.45) is 5.10 Å². The third-order valence-electron chi connectivity index (χ3n) is 2.29. The molecule has 0 aliphatic carbocycles. The molecule has 3 nitrogen and oxygen atoms in total. The monoisotopic (exact) mass is 248 g/mol. The lowest BCUT2D eigenvalue weighted by Crippen LogP contribution is -2.30. The van der Waals surface area contributed by atoms with E-state index in [1.807, 2.05) is 25.1 Å². The molecule has 0 unspecified atom stereocenters. The normalized spacial score (nSPS) is 11.7. The summed E-state index contributed by atoms with van der Waals surface area (Å²) in [6, 6.07) is 10.1. The SMILES string of the molecule is CC(=O)CC(C)=NN(c1ccccc1)[SiH](C)C. The van der Waals surface area contributed by atoms with Crippen molar-refractivity contribution in [1.29, 1.82) is 0 Å². The van der Waals surface area contributed by atoms with Gasteiger partial charge < -0.3 is 0 Å². The number of Topliss-reactive ketones (excluding diaryl/α,β-unsaturated/α-hetero) is 1. The highest BCUT2D eigenvalue weighted by molar-refractivity contribution is 6.60. The van der Waals surface area contributed by atoms with E-state index in [-0.39, 0.29) is 5.78 Å². The molecule has 17 heavy (non-hydrogen) atoms. The molecule has 0 aliphatic rings. The maximum Gasteiger partial charge on any atom is 0.164 e. The van der Waals surface area contributed by atoms with Crippen molar-refractivity contribution in [1.82, 2.24) is 0 Å². The highest BCUT2D eigenvalue weighted by Crippen LogP contribution is 2.15. The van der Waals surface area contributed by atoms with E-state index in [4.69, 9.17) is 0 Å². The van der Waals surface area contributed by atoms with Crippen LogP contribution in [-0.4, -0.2) is 20.5 Å². The quantitative estimate of drug-likeness (QED) is 0.456. The van der Waals surface area contributed by atoms with Crippen LogP contribution in [0.5, 0.6) is 0 Å². The maximum absolute atomic E-state index is 11.1. The first-order valence-corrected chi connectivity index (χ1v) is 8.71. The number of ketones is 1. The summed E-state index contributed by atoms with van der Waals surface area (Å²) in [5, 5.41) is 4.58. The molecule has 0 spiro atoms. The van der Waals surface area contributed by atoms with Gasteiger partial charge in [0.05, 0.1) is 0 Å². The molecule has 0 saturated heterocycles. The topological polar surface area (TPSA) is 32.7 Å². The molecule has 0 fully saturated rings. The van der Waals surface area contributed by atoms with E-state index in [0.717, 1.165) is 11.4 Å². The van der Waals surface area contributed by atoms with Gasteiger partial charge in [-0.3, -0.25) is 9.47 Å². The second kappa shape index (κ2) is 6.35. The first kappa shape index (κ1) is 13.6. The minimum Gasteiger partial charge on any atom is -0.300 e.